The normalized spacial score (nSPS) is 11.3. The van der Waals surface area contributed by atoms with Crippen molar-refractivity contribution in [1.29, 1.82) is 0 Å². The van der Waals surface area contributed by atoms with E-state index in [1.165, 1.54) is 15.8 Å². The maximum Gasteiger partial charge on any atom is 0.140 e. The van der Waals surface area contributed by atoms with E-state index in [2.05, 4.69) is 49.2 Å². The Labute approximate surface area is 124 Å². The Morgan fingerprint density at radius 1 is 1.42 bits per heavy atom. The van der Waals surface area contributed by atoms with Crippen molar-refractivity contribution in [2.45, 2.75) is 13.0 Å². The molecule has 0 radical (unpaired) electrons. The molecule has 0 spiro atoms. The molecule has 0 aliphatic heterocycles. The van der Waals surface area contributed by atoms with Gasteiger partial charge in [-0.1, -0.05) is 0 Å². The molecule has 3 aromatic heterocycles. The van der Waals surface area contributed by atoms with Gasteiger partial charge in [0.1, 0.15) is 5.65 Å². The molecule has 0 saturated carbocycles. The predicted octanol–water partition coefficient (Wildman–Crippen LogP) is 3.41. The number of hydrogen-bond donors (Lipinski definition) is 1. The summed E-state index contributed by atoms with van der Waals surface area (Å²) in [5, 5.41) is 3.32. The van der Waals surface area contributed by atoms with Gasteiger partial charge in [-0.2, -0.15) is 0 Å². The number of nitrogens with zero attached hydrogens (tertiary/aromatic N) is 2. The number of nitrogens with two attached hydrogens (primary N) is 1. The van der Waals surface area contributed by atoms with Crippen LogP contribution in [0.3, 0.4) is 0 Å². The van der Waals surface area contributed by atoms with Crippen molar-refractivity contribution in [2.24, 2.45) is 5.73 Å². The van der Waals surface area contributed by atoms with E-state index in [1.807, 2.05) is 12.3 Å². The number of pyridine rings is 1. The first-order chi connectivity index (χ1) is 9.28. The molecule has 0 aromatic carbocycles. The minimum absolute atomic E-state index is 0.665. The molecular formula is C14H14BrN3S. The van der Waals surface area contributed by atoms with Crippen LogP contribution < -0.4 is 5.73 Å². The number of thiophene rings is 1. The minimum Gasteiger partial charge on any atom is -0.330 e. The SMILES string of the molecule is NCCc1cn(Cc2cc(Br)cs2)c2ncccc12. The maximum absolute atomic E-state index is 5.68. The summed E-state index contributed by atoms with van der Waals surface area (Å²) in [6.45, 7) is 1.52. The Hall–Kier alpha value is -1.17. The zero-order valence-corrected chi connectivity index (χ0v) is 12.7. The first-order valence-electron chi connectivity index (χ1n) is 6.13. The summed E-state index contributed by atoms with van der Waals surface area (Å²) in [7, 11) is 0. The van der Waals surface area contributed by atoms with Gasteiger partial charge in [0.25, 0.3) is 0 Å². The van der Waals surface area contributed by atoms with Crippen LogP contribution in [0, 0.1) is 0 Å². The Kier molecular flexibility index (Phi) is 3.68. The van der Waals surface area contributed by atoms with Crippen molar-refractivity contribution in [2.75, 3.05) is 6.54 Å². The van der Waals surface area contributed by atoms with Crippen LogP contribution >= 0.6 is 27.3 Å². The van der Waals surface area contributed by atoms with Crippen molar-refractivity contribution in [3.63, 3.8) is 0 Å². The van der Waals surface area contributed by atoms with Gasteiger partial charge in [-0.25, -0.2) is 4.98 Å². The fraction of sp³-hybridized carbons (Fsp3) is 0.214. The van der Waals surface area contributed by atoms with Crippen molar-refractivity contribution in [3.05, 3.63) is 50.9 Å². The lowest BCUT2D eigenvalue weighted by Crippen LogP contribution is -2.02. The molecule has 0 aliphatic carbocycles. The first-order valence-corrected chi connectivity index (χ1v) is 7.81. The summed E-state index contributed by atoms with van der Waals surface area (Å²) in [5.74, 6) is 0. The monoisotopic (exact) mass is 335 g/mol. The third-order valence-corrected chi connectivity index (χ3v) is 4.76. The molecule has 0 unspecified atom stereocenters. The van der Waals surface area contributed by atoms with Gasteiger partial charge >= 0.3 is 0 Å². The van der Waals surface area contributed by atoms with Crippen LogP contribution in [0.2, 0.25) is 0 Å². The molecule has 0 saturated heterocycles. The van der Waals surface area contributed by atoms with Crippen LogP contribution in [0.15, 0.2) is 40.4 Å². The molecular weight excluding hydrogens is 322 g/mol. The molecule has 0 bridgehead atoms. The standard InChI is InChI=1S/C14H14BrN3S/c15-11-6-12(19-9-11)8-18-7-10(3-4-16)13-2-1-5-17-14(13)18/h1-2,5-7,9H,3-4,8,16H2. The zero-order chi connectivity index (χ0) is 13.2. The van der Waals surface area contributed by atoms with E-state index in [-0.39, 0.29) is 0 Å². The molecule has 98 valence electrons. The van der Waals surface area contributed by atoms with Gasteiger partial charge in [0.15, 0.2) is 0 Å². The molecule has 2 N–H and O–H groups in total. The largest absolute Gasteiger partial charge is 0.330 e. The van der Waals surface area contributed by atoms with Crippen LogP contribution in [0.5, 0.6) is 0 Å². The highest BCUT2D eigenvalue weighted by Gasteiger charge is 2.09. The number of halogens is 1. The molecule has 0 aliphatic rings. The number of hydrogen-bond acceptors (Lipinski definition) is 3. The molecule has 0 atom stereocenters. The summed E-state index contributed by atoms with van der Waals surface area (Å²) in [6.07, 6.45) is 4.91. The molecule has 3 aromatic rings. The lowest BCUT2D eigenvalue weighted by molar-refractivity contribution is 0.829. The van der Waals surface area contributed by atoms with Gasteiger partial charge < -0.3 is 10.3 Å². The van der Waals surface area contributed by atoms with Crippen molar-refractivity contribution in [3.8, 4) is 0 Å². The number of fused-ring (bicyclic) bond motifs is 1. The van der Waals surface area contributed by atoms with Crippen molar-refractivity contribution >= 4 is 38.3 Å². The molecule has 3 nitrogen and oxygen atoms in total. The first kappa shape index (κ1) is 12.8. The molecule has 3 heterocycles. The van der Waals surface area contributed by atoms with E-state index in [4.69, 9.17) is 5.73 Å². The third-order valence-electron chi connectivity index (χ3n) is 3.08. The molecule has 3 rings (SSSR count). The quantitative estimate of drug-likeness (QED) is 0.793. The van der Waals surface area contributed by atoms with Gasteiger partial charge in [-0.3, -0.25) is 0 Å². The Bertz CT molecular complexity index is 702. The van der Waals surface area contributed by atoms with E-state index in [1.54, 1.807) is 11.3 Å². The van der Waals surface area contributed by atoms with Crippen molar-refractivity contribution < 1.29 is 0 Å². The van der Waals surface area contributed by atoms with Crippen LogP contribution in [-0.2, 0) is 13.0 Å². The lowest BCUT2D eigenvalue weighted by Gasteiger charge is -2.01. The average Bonchev–Trinajstić information content (AvgIpc) is 2.97. The second-order valence-corrected chi connectivity index (χ2v) is 6.34. The van der Waals surface area contributed by atoms with Crippen LogP contribution in [0.25, 0.3) is 11.0 Å². The average molecular weight is 336 g/mol. The third kappa shape index (κ3) is 2.59. The zero-order valence-electron chi connectivity index (χ0n) is 10.3. The van der Waals surface area contributed by atoms with Crippen molar-refractivity contribution in [1.82, 2.24) is 9.55 Å². The van der Waals surface area contributed by atoms with E-state index in [9.17, 15) is 0 Å². The topological polar surface area (TPSA) is 43.8 Å². The van der Waals surface area contributed by atoms with Crippen LogP contribution in [-0.4, -0.2) is 16.1 Å². The molecule has 0 fully saturated rings. The van der Waals surface area contributed by atoms with Gasteiger partial charge in [-0.05, 0) is 52.7 Å². The minimum atomic E-state index is 0.665. The number of aromatic nitrogens is 2. The second kappa shape index (κ2) is 5.45. The lowest BCUT2D eigenvalue weighted by atomic mass is 10.2. The van der Waals surface area contributed by atoms with E-state index in [0.717, 1.165) is 23.1 Å². The maximum atomic E-state index is 5.68. The van der Waals surface area contributed by atoms with Gasteiger partial charge in [-0.15, -0.1) is 11.3 Å². The van der Waals surface area contributed by atoms with Gasteiger partial charge in [0.05, 0.1) is 6.54 Å². The fourth-order valence-electron chi connectivity index (χ4n) is 2.28. The Morgan fingerprint density at radius 2 is 2.32 bits per heavy atom. The van der Waals surface area contributed by atoms with E-state index in [0.29, 0.717) is 6.54 Å². The molecule has 19 heavy (non-hydrogen) atoms. The summed E-state index contributed by atoms with van der Waals surface area (Å²) < 4.78 is 3.35. The van der Waals surface area contributed by atoms with Crippen LogP contribution in [0.4, 0.5) is 0 Å². The summed E-state index contributed by atoms with van der Waals surface area (Å²) >= 11 is 5.25. The smallest absolute Gasteiger partial charge is 0.140 e. The summed E-state index contributed by atoms with van der Waals surface area (Å²) in [4.78, 5) is 5.82. The Morgan fingerprint density at radius 3 is 3.05 bits per heavy atom. The summed E-state index contributed by atoms with van der Waals surface area (Å²) in [6, 6.07) is 6.25. The highest BCUT2D eigenvalue weighted by atomic mass is 79.9. The number of rotatable bonds is 4. The highest BCUT2D eigenvalue weighted by Crippen LogP contribution is 2.24. The second-order valence-electron chi connectivity index (χ2n) is 4.43. The van der Waals surface area contributed by atoms with Gasteiger partial charge in [0, 0.05) is 32.5 Å². The predicted molar refractivity (Wildman–Crippen MR) is 83.6 cm³/mol. The molecule has 0 amide bonds. The highest BCUT2D eigenvalue weighted by molar-refractivity contribution is 9.10. The van der Waals surface area contributed by atoms with Gasteiger partial charge in [0.2, 0.25) is 0 Å². The van der Waals surface area contributed by atoms with Crippen LogP contribution in [0.1, 0.15) is 10.4 Å². The van der Waals surface area contributed by atoms with E-state index < -0.39 is 0 Å². The molecule has 5 heteroatoms. The Balaban J connectivity index is 2.03. The fourth-order valence-corrected chi connectivity index (χ4v) is 3.72. The van der Waals surface area contributed by atoms with E-state index >= 15 is 0 Å². The summed E-state index contributed by atoms with van der Waals surface area (Å²) in [5.41, 5.74) is 8.00.